The number of aliphatic hydroxyl groups is 1. The Morgan fingerprint density at radius 1 is 0.656 bits per heavy atom. The molecule has 0 aliphatic heterocycles. The number of aliphatic hydroxyl groups excluding tert-OH is 1. The number of hydrogen-bond acceptors (Lipinski definition) is 11. The maximum atomic E-state index is 12.0. The molecule has 11 heteroatoms. The number of carbonyl (C=O) groups excluding carboxylic acids is 2. The topological polar surface area (TPSA) is 128 Å². The summed E-state index contributed by atoms with van der Waals surface area (Å²) < 4.78 is 10.5. The molecule has 1 fully saturated rings. The molecular formula is C21H28O11. The molecule has 6 unspecified atom stereocenters. The molecule has 11 nitrogen and oxygen atoms in total. The fraction of sp³-hybridized carbons (Fsp3) is 0.429. The summed E-state index contributed by atoms with van der Waals surface area (Å²) in [5, 5.41) is 10.9. The highest BCUT2D eigenvalue weighted by Crippen LogP contribution is 2.33. The Labute approximate surface area is 185 Å². The maximum Gasteiger partial charge on any atom is 0.330 e. The van der Waals surface area contributed by atoms with E-state index >= 15 is 0 Å². The predicted octanol–water partition coefficient (Wildman–Crippen LogP) is 2.11. The lowest BCUT2D eigenvalue weighted by atomic mass is 9.84. The van der Waals surface area contributed by atoms with E-state index in [-0.39, 0.29) is 17.3 Å². The van der Waals surface area contributed by atoms with Crippen LogP contribution in [-0.2, 0) is 48.4 Å². The van der Waals surface area contributed by atoms with Crippen LogP contribution in [0.25, 0.3) is 0 Å². The highest BCUT2D eigenvalue weighted by atomic mass is 17.2. The first kappa shape index (κ1) is 26.9. The van der Waals surface area contributed by atoms with Crippen molar-refractivity contribution < 1.29 is 53.5 Å². The molecule has 1 aliphatic carbocycles. The fourth-order valence-electron chi connectivity index (χ4n) is 2.52. The van der Waals surface area contributed by atoms with Crippen LogP contribution in [0.1, 0.15) is 20.8 Å². The summed E-state index contributed by atoms with van der Waals surface area (Å²) in [6, 6.07) is 0. The van der Waals surface area contributed by atoms with Crippen molar-refractivity contribution in [2.75, 3.05) is 0 Å². The van der Waals surface area contributed by atoms with Gasteiger partial charge in [-0.2, -0.15) is 14.7 Å². The summed E-state index contributed by atoms with van der Waals surface area (Å²) in [5.41, 5.74) is 0. The average Bonchev–Trinajstić information content (AvgIpc) is 2.72. The molecule has 1 aliphatic rings. The highest BCUT2D eigenvalue weighted by molar-refractivity contribution is 5.82. The van der Waals surface area contributed by atoms with E-state index in [1.165, 1.54) is 20.8 Å². The molecule has 0 aromatic heterocycles. The van der Waals surface area contributed by atoms with Gasteiger partial charge >= 0.3 is 11.9 Å². The molecule has 0 saturated heterocycles. The maximum absolute atomic E-state index is 12.0. The SMILES string of the molecule is C=CC(=O)OC1C(O)C(OOC(=C)C)C(OOC(=C)C)C(OOC(=C)C)C1OC(=O)C=C. The molecule has 0 amide bonds. The molecular weight excluding hydrogens is 428 g/mol. The molecule has 0 aromatic rings. The van der Waals surface area contributed by atoms with Gasteiger partial charge in [-0.05, 0) is 20.8 Å². The van der Waals surface area contributed by atoms with Gasteiger partial charge < -0.3 is 29.2 Å². The van der Waals surface area contributed by atoms with Crippen molar-refractivity contribution >= 4 is 11.9 Å². The first-order valence-corrected chi connectivity index (χ1v) is 9.32. The summed E-state index contributed by atoms with van der Waals surface area (Å²) in [6.45, 7) is 21.7. The van der Waals surface area contributed by atoms with Gasteiger partial charge in [0.1, 0.15) is 23.4 Å². The van der Waals surface area contributed by atoms with E-state index in [1.807, 2.05) is 0 Å². The highest BCUT2D eigenvalue weighted by Gasteiger charge is 2.59. The van der Waals surface area contributed by atoms with Crippen LogP contribution in [0.3, 0.4) is 0 Å². The van der Waals surface area contributed by atoms with Gasteiger partial charge in [0.25, 0.3) is 0 Å². The Bertz CT molecular complexity index is 744. The van der Waals surface area contributed by atoms with E-state index in [9.17, 15) is 14.7 Å². The van der Waals surface area contributed by atoms with E-state index in [4.69, 9.17) is 38.8 Å². The monoisotopic (exact) mass is 456 g/mol. The van der Waals surface area contributed by atoms with Gasteiger partial charge in [0.2, 0.25) is 0 Å². The van der Waals surface area contributed by atoms with Crippen molar-refractivity contribution in [3.8, 4) is 0 Å². The van der Waals surface area contributed by atoms with Gasteiger partial charge in [-0.15, -0.1) is 0 Å². The second-order valence-electron chi connectivity index (χ2n) is 6.74. The van der Waals surface area contributed by atoms with Gasteiger partial charge in [-0.1, -0.05) is 32.9 Å². The van der Waals surface area contributed by atoms with Gasteiger partial charge in [-0.25, -0.2) is 9.59 Å². The molecule has 6 atom stereocenters. The summed E-state index contributed by atoms with van der Waals surface area (Å²) in [6.07, 6.45) is -7.18. The van der Waals surface area contributed by atoms with Gasteiger partial charge in [0.05, 0.1) is 0 Å². The Morgan fingerprint density at radius 2 is 1.00 bits per heavy atom. The molecule has 0 heterocycles. The van der Waals surface area contributed by atoms with Crippen LogP contribution in [0.5, 0.6) is 0 Å². The molecule has 1 rings (SSSR count). The van der Waals surface area contributed by atoms with Crippen molar-refractivity contribution in [3.05, 3.63) is 62.3 Å². The molecule has 178 valence electrons. The smallest absolute Gasteiger partial charge is 0.330 e. The third kappa shape index (κ3) is 7.85. The van der Waals surface area contributed by atoms with E-state index in [0.29, 0.717) is 0 Å². The van der Waals surface area contributed by atoms with E-state index in [1.54, 1.807) is 0 Å². The van der Waals surface area contributed by atoms with Crippen molar-refractivity contribution in [2.45, 2.75) is 57.4 Å². The van der Waals surface area contributed by atoms with Crippen LogP contribution in [0.15, 0.2) is 62.3 Å². The Balaban J connectivity index is 3.48. The lowest BCUT2D eigenvalue weighted by Crippen LogP contribution is -2.67. The lowest BCUT2D eigenvalue weighted by Gasteiger charge is -2.44. The van der Waals surface area contributed by atoms with Gasteiger partial charge in [0, 0.05) is 12.2 Å². The lowest BCUT2D eigenvalue weighted by molar-refractivity contribution is -0.438. The molecule has 0 bridgehead atoms. The molecule has 0 spiro atoms. The van der Waals surface area contributed by atoms with Crippen LogP contribution in [0.4, 0.5) is 0 Å². The number of hydrogen-bond donors (Lipinski definition) is 1. The fourth-order valence-corrected chi connectivity index (χ4v) is 2.52. The number of esters is 2. The predicted molar refractivity (Wildman–Crippen MR) is 108 cm³/mol. The zero-order chi connectivity index (χ0) is 24.4. The average molecular weight is 456 g/mol. The van der Waals surface area contributed by atoms with E-state index in [2.05, 4.69) is 32.9 Å². The van der Waals surface area contributed by atoms with Gasteiger partial charge in [0.15, 0.2) is 30.5 Å². The minimum absolute atomic E-state index is 0.125. The summed E-state index contributed by atoms with van der Waals surface area (Å²) >= 11 is 0. The number of rotatable bonds is 13. The normalized spacial score (nSPS) is 26.8. The number of ether oxygens (including phenoxy) is 2. The van der Waals surface area contributed by atoms with Crippen LogP contribution >= 0.6 is 0 Å². The summed E-state index contributed by atoms with van der Waals surface area (Å²) in [7, 11) is 0. The second kappa shape index (κ2) is 12.7. The van der Waals surface area contributed by atoms with E-state index in [0.717, 1.165) is 12.2 Å². The Morgan fingerprint density at radius 3 is 1.38 bits per heavy atom. The summed E-state index contributed by atoms with van der Waals surface area (Å²) in [4.78, 5) is 54.8. The standard InChI is InChI=1S/C21H28O11/c1-9-14(22)25-17-16(24)18(30-27-11(3)4)20(31-28-12(5)6)21(32-29-13(7)8)19(17)26-15(23)10-2/h9-10,16-21,24H,1-3,5,7H2,4,6,8H3. The Hall–Kier alpha value is -3.12. The van der Waals surface area contributed by atoms with E-state index < -0.39 is 48.6 Å². The molecule has 0 radical (unpaired) electrons. The van der Waals surface area contributed by atoms with Crippen molar-refractivity contribution in [1.29, 1.82) is 0 Å². The number of allylic oxidation sites excluding steroid dienone is 3. The van der Waals surface area contributed by atoms with Crippen LogP contribution in [0.2, 0.25) is 0 Å². The third-order valence-corrected chi connectivity index (χ3v) is 3.71. The molecule has 0 aromatic carbocycles. The van der Waals surface area contributed by atoms with Crippen molar-refractivity contribution in [3.63, 3.8) is 0 Å². The first-order chi connectivity index (χ1) is 15.0. The third-order valence-electron chi connectivity index (χ3n) is 3.71. The molecule has 32 heavy (non-hydrogen) atoms. The quantitative estimate of drug-likeness (QED) is 0.144. The molecule has 1 N–H and O–H groups in total. The molecule has 1 saturated carbocycles. The largest absolute Gasteiger partial charge is 0.452 e. The zero-order valence-corrected chi connectivity index (χ0v) is 18.2. The minimum Gasteiger partial charge on any atom is -0.452 e. The van der Waals surface area contributed by atoms with Crippen LogP contribution in [-0.4, -0.2) is 53.7 Å². The Kier molecular flexibility index (Phi) is 10.7. The first-order valence-electron chi connectivity index (χ1n) is 9.32. The van der Waals surface area contributed by atoms with Crippen molar-refractivity contribution in [2.24, 2.45) is 0 Å². The van der Waals surface area contributed by atoms with Crippen molar-refractivity contribution in [1.82, 2.24) is 0 Å². The minimum atomic E-state index is -1.68. The zero-order valence-electron chi connectivity index (χ0n) is 18.2. The van der Waals surface area contributed by atoms with Crippen LogP contribution < -0.4 is 0 Å². The van der Waals surface area contributed by atoms with Crippen LogP contribution in [0, 0.1) is 0 Å². The van der Waals surface area contributed by atoms with Gasteiger partial charge in [-0.3, -0.25) is 0 Å². The summed E-state index contributed by atoms with van der Waals surface area (Å²) in [5.74, 6) is -1.45. The number of carbonyl (C=O) groups is 2. The second-order valence-corrected chi connectivity index (χ2v) is 6.74.